The van der Waals surface area contributed by atoms with Gasteiger partial charge in [0.1, 0.15) is 19.3 Å². The van der Waals surface area contributed by atoms with Crippen LogP contribution < -0.4 is 0 Å². The summed E-state index contributed by atoms with van der Waals surface area (Å²) < 4.78 is 68.0. The highest BCUT2D eigenvalue weighted by atomic mass is 31.2. The van der Waals surface area contributed by atoms with E-state index in [2.05, 4.69) is 41.5 Å². The molecule has 0 aliphatic rings. The third-order valence-electron chi connectivity index (χ3n) is 15.7. The van der Waals surface area contributed by atoms with Crippen molar-refractivity contribution in [3.63, 3.8) is 0 Å². The summed E-state index contributed by atoms with van der Waals surface area (Å²) in [5, 5.41) is 10.5. The van der Waals surface area contributed by atoms with Gasteiger partial charge >= 0.3 is 39.5 Å². The first kappa shape index (κ1) is 85.1. The zero-order valence-electron chi connectivity index (χ0n) is 56.3. The lowest BCUT2D eigenvalue weighted by molar-refractivity contribution is -0.161. The van der Waals surface area contributed by atoms with E-state index in [9.17, 15) is 43.2 Å². The molecule has 17 nitrogen and oxygen atoms in total. The van der Waals surface area contributed by atoms with E-state index >= 15 is 0 Å². The fourth-order valence-corrected chi connectivity index (χ4v) is 11.8. The molecule has 0 saturated heterocycles. The van der Waals surface area contributed by atoms with E-state index in [1.54, 1.807) is 0 Å². The monoisotopic (exact) mass is 1280 g/mol. The van der Waals surface area contributed by atoms with Crippen molar-refractivity contribution < 1.29 is 80.2 Å². The van der Waals surface area contributed by atoms with Crippen molar-refractivity contribution in [3.8, 4) is 0 Å². The molecule has 87 heavy (non-hydrogen) atoms. The molecular weight excluding hydrogens is 1150 g/mol. The highest BCUT2D eigenvalue weighted by Crippen LogP contribution is 2.45. The van der Waals surface area contributed by atoms with Crippen LogP contribution in [-0.4, -0.2) is 96.7 Å². The number of carbonyl (C=O) groups excluding carboxylic acids is 4. The summed E-state index contributed by atoms with van der Waals surface area (Å²) in [4.78, 5) is 72.2. The highest BCUT2D eigenvalue weighted by Gasteiger charge is 2.30. The van der Waals surface area contributed by atoms with Crippen LogP contribution in [0.3, 0.4) is 0 Å². The van der Waals surface area contributed by atoms with Crippen LogP contribution in [0, 0.1) is 11.8 Å². The SMILES string of the molecule is CCCCCCCCCCCCCCCCC(=O)OC[C@H](COP(=O)(O)OC[C@@H](O)COP(=O)(O)OC[C@@H](COC(=O)CCCCCCC)OC(=O)CCCCCCCCCCC(C)C)OC(=O)CCCCCCCCCCCCCCCCC(C)C. The molecule has 2 unspecified atom stereocenters. The van der Waals surface area contributed by atoms with Gasteiger partial charge in [-0.25, -0.2) is 9.13 Å². The third kappa shape index (κ3) is 62.6. The van der Waals surface area contributed by atoms with Crippen molar-refractivity contribution in [2.24, 2.45) is 11.8 Å². The number of ether oxygens (including phenoxy) is 4. The molecule has 0 aromatic carbocycles. The molecule has 19 heteroatoms. The van der Waals surface area contributed by atoms with Gasteiger partial charge in [-0.15, -0.1) is 0 Å². The van der Waals surface area contributed by atoms with E-state index in [1.165, 1.54) is 154 Å². The molecule has 0 spiro atoms. The Hall–Kier alpha value is -1.94. The Balaban J connectivity index is 5.16. The molecule has 0 amide bonds. The van der Waals surface area contributed by atoms with Crippen LogP contribution in [-0.2, 0) is 65.4 Å². The maximum Gasteiger partial charge on any atom is 0.472 e. The lowest BCUT2D eigenvalue weighted by Gasteiger charge is -2.21. The van der Waals surface area contributed by atoms with Gasteiger partial charge in [0, 0.05) is 25.7 Å². The van der Waals surface area contributed by atoms with Crippen LogP contribution in [0.4, 0.5) is 0 Å². The maximum atomic E-state index is 13.0. The average molecular weight is 1280 g/mol. The van der Waals surface area contributed by atoms with E-state index in [0.29, 0.717) is 25.7 Å². The van der Waals surface area contributed by atoms with Gasteiger partial charge in [-0.05, 0) is 37.5 Å². The molecule has 0 heterocycles. The highest BCUT2D eigenvalue weighted by molar-refractivity contribution is 7.47. The molecule has 0 rings (SSSR count). The van der Waals surface area contributed by atoms with Crippen LogP contribution in [0.25, 0.3) is 0 Å². The van der Waals surface area contributed by atoms with Gasteiger partial charge in [-0.3, -0.25) is 37.3 Å². The van der Waals surface area contributed by atoms with Crippen molar-refractivity contribution in [2.75, 3.05) is 39.6 Å². The summed E-state index contributed by atoms with van der Waals surface area (Å²) in [5.74, 6) is -0.625. The van der Waals surface area contributed by atoms with Crippen molar-refractivity contribution in [2.45, 2.75) is 362 Å². The number of phosphoric ester groups is 2. The average Bonchev–Trinajstić information content (AvgIpc) is 3.52. The predicted octanol–water partition coefficient (Wildman–Crippen LogP) is 19.2. The van der Waals surface area contributed by atoms with Gasteiger partial charge in [-0.1, -0.05) is 292 Å². The Morgan fingerprint density at radius 2 is 0.529 bits per heavy atom. The van der Waals surface area contributed by atoms with Crippen LogP contribution in [0.15, 0.2) is 0 Å². The summed E-state index contributed by atoms with van der Waals surface area (Å²) >= 11 is 0. The van der Waals surface area contributed by atoms with Gasteiger partial charge in [0.15, 0.2) is 12.2 Å². The first-order valence-corrected chi connectivity index (χ1v) is 38.5. The Kier molecular flexibility index (Phi) is 59.0. The Bertz CT molecular complexity index is 1700. The Morgan fingerprint density at radius 3 is 0.782 bits per heavy atom. The number of aliphatic hydroxyl groups is 1. The Morgan fingerprint density at radius 1 is 0.310 bits per heavy atom. The van der Waals surface area contributed by atoms with Crippen LogP contribution in [0.1, 0.15) is 343 Å². The largest absolute Gasteiger partial charge is 0.472 e. The van der Waals surface area contributed by atoms with E-state index in [4.69, 9.17) is 37.0 Å². The molecule has 3 N–H and O–H groups in total. The molecule has 0 fully saturated rings. The second-order valence-corrected chi connectivity index (χ2v) is 28.4. The molecule has 516 valence electrons. The lowest BCUT2D eigenvalue weighted by atomic mass is 10.0. The van der Waals surface area contributed by atoms with Crippen LogP contribution in [0.5, 0.6) is 0 Å². The second kappa shape index (κ2) is 60.3. The summed E-state index contributed by atoms with van der Waals surface area (Å²) in [5.41, 5.74) is 0. The number of rotatable bonds is 67. The Labute approximate surface area is 530 Å². The van der Waals surface area contributed by atoms with Crippen molar-refractivity contribution >= 4 is 39.5 Å². The minimum Gasteiger partial charge on any atom is -0.462 e. The van der Waals surface area contributed by atoms with E-state index in [0.717, 1.165) is 108 Å². The van der Waals surface area contributed by atoms with Crippen molar-refractivity contribution in [1.29, 1.82) is 0 Å². The summed E-state index contributed by atoms with van der Waals surface area (Å²) in [6.07, 6.45) is 44.8. The van der Waals surface area contributed by atoms with Gasteiger partial charge < -0.3 is 33.8 Å². The fourth-order valence-electron chi connectivity index (χ4n) is 10.2. The minimum absolute atomic E-state index is 0.104. The zero-order chi connectivity index (χ0) is 64.3. The number of phosphoric acid groups is 2. The van der Waals surface area contributed by atoms with E-state index in [-0.39, 0.29) is 25.7 Å². The first-order valence-electron chi connectivity index (χ1n) is 35.5. The normalized spacial score (nSPS) is 14.2. The molecule has 0 radical (unpaired) electrons. The van der Waals surface area contributed by atoms with Crippen LogP contribution >= 0.6 is 15.6 Å². The molecule has 5 atom stereocenters. The molecule has 0 saturated carbocycles. The molecule has 0 bridgehead atoms. The number of carbonyl (C=O) groups is 4. The molecule has 0 aliphatic heterocycles. The summed E-state index contributed by atoms with van der Waals surface area (Å²) in [6.45, 7) is 9.43. The van der Waals surface area contributed by atoms with Gasteiger partial charge in [0.05, 0.1) is 26.4 Å². The maximum absolute atomic E-state index is 13.0. The topological polar surface area (TPSA) is 237 Å². The molecule has 0 aliphatic carbocycles. The zero-order valence-corrected chi connectivity index (χ0v) is 58.1. The predicted molar refractivity (Wildman–Crippen MR) is 349 cm³/mol. The van der Waals surface area contributed by atoms with E-state index in [1.807, 2.05) is 0 Å². The number of unbranched alkanes of at least 4 members (excludes halogenated alkanes) is 37. The molecule has 0 aromatic rings. The van der Waals surface area contributed by atoms with E-state index < -0.39 is 97.5 Å². The fraction of sp³-hybridized carbons (Fsp3) is 0.941. The van der Waals surface area contributed by atoms with Crippen LogP contribution in [0.2, 0.25) is 0 Å². The third-order valence-corrected chi connectivity index (χ3v) is 17.6. The first-order chi connectivity index (χ1) is 41.9. The molecule has 0 aromatic heterocycles. The number of hydrogen-bond acceptors (Lipinski definition) is 15. The quantitative estimate of drug-likeness (QED) is 0.0222. The second-order valence-electron chi connectivity index (χ2n) is 25.5. The van der Waals surface area contributed by atoms with Gasteiger partial charge in [-0.2, -0.15) is 0 Å². The number of esters is 4. The number of aliphatic hydroxyl groups excluding tert-OH is 1. The minimum atomic E-state index is -4.95. The summed E-state index contributed by atoms with van der Waals surface area (Å²) in [7, 11) is -9.89. The number of hydrogen-bond donors (Lipinski definition) is 3. The molecular formula is C68H132O17P2. The van der Waals surface area contributed by atoms with Gasteiger partial charge in [0.25, 0.3) is 0 Å². The smallest absolute Gasteiger partial charge is 0.462 e. The standard InChI is InChI=1S/C68H132O17P2/c1-7-9-11-13-14-15-16-17-21-24-27-33-39-45-51-66(71)79-57-64(85-67(72)52-46-40-34-28-25-22-19-18-20-23-26-31-37-42-48-60(3)4)59-83-87(76,77)81-55-62(69)54-80-86(74,75)82-58-63(56-78-65(70)50-44-36-12-10-8-2)84-68(73)53-47-41-35-30-29-32-38-43-49-61(5)6/h60-64,69H,7-59H2,1-6H3,(H,74,75)(H,76,77)/t62-,63+,64+/m0/s1. The van der Waals surface area contributed by atoms with Crippen molar-refractivity contribution in [1.82, 2.24) is 0 Å². The summed E-state index contributed by atoms with van der Waals surface area (Å²) in [6, 6.07) is 0. The van der Waals surface area contributed by atoms with Gasteiger partial charge in [0.2, 0.25) is 0 Å². The van der Waals surface area contributed by atoms with Crippen molar-refractivity contribution in [3.05, 3.63) is 0 Å². The lowest BCUT2D eigenvalue weighted by Crippen LogP contribution is -2.30.